The molecule has 0 aliphatic rings. The maximum Gasteiger partial charge on any atom is 0.328 e. The third-order valence-corrected chi connectivity index (χ3v) is 6.67. The van der Waals surface area contributed by atoms with E-state index in [0.29, 0.717) is 25.2 Å². The summed E-state index contributed by atoms with van der Waals surface area (Å²) in [5.41, 5.74) is -0.232. The number of rotatable bonds is 19. The van der Waals surface area contributed by atoms with Gasteiger partial charge in [-0.25, -0.2) is 0 Å². The standard InChI is InChI=1S/C29H48O4/c1-5-8-9-10-11-12-13-14-15-16-17-18-19-23-32-27(30)29(6-2,7-3)28(31)33-26-22-20-21-25(4)24-26/h20-22,24H,5-19,23H2,1-4H3. The van der Waals surface area contributed by atoms with Gasteiger partial charge in [0.15, 0.2) is 5.41 Å². The van der Waals surface area contributed by atoms with Crippen LogP contribution in [0.15, 0.2) is 24.3 Å². The number of ether oxygens (including phenoxy) is 2. The maximum atomic E-state index is 12.9. The highest BCUT2D eigenvalue weighted by Crippen LogP contribution is 2.31. The number of unbranched alkanes of at least 4 members (excludes halogenated alkanes) is 12. The highest BCUT2D eigenvalue weighted by atomic mass is 16.6. The van der Waals surface area contributed by atoms with Gasteiger partial charge in [0.25, 0.3) is 0 Å². The van der Waals surface area contributed by atoms with Crippen molar-refractivity contribution in [3.05, 3.63) is 29.8 Å². The van der Waals surface area contributed by atoms with E-state index >= 15 is 0 Å². The van der Waals surface area contributed by atoms with Gasteiger partial charge in [0.05, 0.1) is 6.61 Å². The Morgan fingerprint density at radius 2 is 1.24 bits per heavy atom. The smallest absolute Gasteiger partial charge is 0.328 e. The molecule has 0 N–H and O–H groups in total. The number of aryl methyl sites for hydroxylation is 1. The van der Waals surface area contributed by atoms with Gasteiger partial charge in [-0.05, 0) is 43.9 Å². The number of carbonyl (C=O) groups excluding carboxylic acids is 2. The Bertz CT molecular complexity index is 663. The minimum atomic E-state index is -1.24. The molecule has 0 heterocycles. The molecule has 1 aromatic carbocycles. The zero-order valence-corrected chi connectivity index (χ0v) is 21.8. The Kier molecular flexibility index (Phi) is 15.6. The lowest BCUT2D eigenvalue weighted by Gasteiger charge is -2.26. The van der Waals surface area contributed by atoms with Gasteiger partial charge in [-0.1, -0.05) is 110 Å². The van der Waals surface area contributed by atoms with E-state index in [9.17, 15) is 9.59 Å². The Morgan fingerprint density at radius 3 is 1.73 bits per heavy atom. The second kappa shape index (κ2) is 17.6. The predicted molar refractivity (Wildman–Crippen MR) is 136 cm³/mol. The van der Waals surface area contributed by atoms with Gasteiger partial charge >= 0.3 is 11.9 Å². The van der Waals surface area contributed by atoms with Crippen LogP contribution in [-0.2, 0) is 14.3 Å². The van der Waals surface area contributed by atoms with Gasteiger partial charge in [0.1, 0.15) is 5.75 Å². The monoisotopic (exact) mass is 460 g/mol. The van der Waals surface area contributed by atoms with Crippen LogP contribution in [0.3, 0.4) is 0 Å². The first-order chi connectivity index (χ1) is 16.0. The molecule has 1 aromatic rings. The van der Waals surface area contributed by atoms with Crippen LogP contribution in [0, 0.1) is 12.3 Å². The van der Waals surface area contributed by atoms with Crippen LogP contribution in [-0.4, -0.2) is 18.5 Å². The molecule has 0 aliphatic carbocycles. The van der Waals surface area contributed by atoms with E-state index in [0.717, 1.165) is 18.4 Å². The topological polar surface area (TPSA) is 52.6 Å². The lowest BCUT2D eigenvalue weighted by Crippen LogP contribution is -2.42. The number of benzene rings is 1. The van der Waals surface area contributed by atoms with Gasteiger partial charge in [0.2, 0.25) is 0 Å². The Morgan fingerprint density at radius 1 is 0.727 bits per heavy atom. The average Bonchev–Trinajstić information content (AvgIpc) is 2.80. The summed E-state index contributed by atoms with van der Waals surface area (Å²) < 4.78 is 11.1. The quantitative estimate of drug-likeness (QED) is 0.0901. The summed E-state index contributed by atoms with van der Waals surface area (Å²) in [6, 6.07) is 7.31. The molecule has 0 saturated carbocycles. The first kappa shape index (κ1) is 29.2. The molecule has 0 bridgehead atoms. The Balaban J connectivity index is 2.22. The fourth-order valence-electron chi connectivity index (χ4n) is 4.22. The molecular formula is C29H48O4. The fraction of sp³-hybridized carbons (Fsp3) is 0.724. The molecule has 0 aromatic heterocycles. The van der Waals surface area contributed by atoms with E-state index in [4.69, 9.17) is 9.47 Å². The van der Waals surface area contributed by atoms with E-state index < -0.39 is 17.4 Å². The lowest BCUT2D eigenvalue weighted by molar-refractivity contribution is -0.168. The summed E-state index contributed by atoms with van der Waals surface area (Å²) in [6.07, 6.45) is 17.3. The van der Waals surface area contributed by atoms with Crippen molar-refractivity contribution in [2.45, 2.75) is 124 Å². The molecule has 0 unspecified atom stereocenters. The third kappa shape index (κ3) is 11.2. The van der Waals surface area contributed by atoms with E-state index in [2.05, 4.69) is 6.92 Å². The van der Waals surface area contributed by atoms with Crippen molar-refractivity contribution in [3.63, 3.8) is 0 Å². The van der Waals surface area contributed by atoms with Crippen molar-refractivity contribution < 1.29 is 19.1 Å². The highest BCUT2D eigenvalue weighted by molar-refractivity contribution is 6.00. The minimum absolute atomic E-state index is 0.367. The van der Waals surface area contributed by atoms with Gasteiger partial charge < -0.3 is 9.47 Å². The van der Waals surface area contributed by atoms with Gasteiger partial charge in [0, 0.05) is 0 Å². The molecule has 0 aliphatic heterocycles. The normalized spacial score (nSPS) is 11.4. The minimum Gasteiger partial charge on any atom is -0.465 e. The van der Waals surface area contributed by atoms with Crippen molar-refractivity contribution >= 4 is 11.9 Å². The molecule has 4 nitrogen and oxygen atoms in total. The van der Waals surface area contributed by atoms with E-state index in [1.54, 1.807) is 12.1 Å². The van der Waals surface area contributed by atoms with E-state index in [-0.39, 0.29) is 0 Å². The number of hydrogen-bond acceptors (Lipinski definition) is 4. The molecular weight excluding hydrogens is 412 g/mol. The molecule has 0 spiro atoms. The first-order valence-electron chi connectivity index (χ1n) is 13.5. The molecule has 4 heteroatoms. The molecule has 0 atom stereocenters. The highest BCUT2D eigenvalue weighted by Gasteiger charge is 2.46. The molecule has 188 valence electrons. The summed E-state index contributed by atoms with van der Waals surface area (Å²) >= 11 is 0. The van der Waals surface area contributed by atoms with Crippen molar-refractivity contribution in [3.8, 4) is 5.75 Å². The average molecular weight is 461 g/mol. The molecule has 0 radical (unpaired) electrons. The summed E-state index contributed by atoms with van der Waals surface area (Å²) in [7, 11) is 0. The molecule has 0 fully saturated rings. The molecule has 0 saturated heterocycles. The zero-order chi connectivity index (χ0) is 24.4. The summed E-state index contributed by atoms with van der Waals surface area (Å²) in [5, 5.41) is 0. The van der Waals surface area contributed by atoms with Crippen molar-refractivity contribution in [2.24, 2.45) is 5.41 Å². The van der Waals surface area contributed by atoms with Crippen LogP contribution in [0.2, 0.25) is 0 Å². The van der Waals surface area contributed by atoms with Crippen LogP contribution < -0.4 is 4.74 Å². The summed E-state index contributed by atoms with van der Waals surface area (Å²) in [5.74, 6) is -0.506. The first-order valence-corrected chi connectivity index (χ1v) is 13.5. The zero-order valence-electron chi connectivity index (χ0n) is 21.8. The second-order valence-corrected chi connectivity index (χ2v) is 9.37. The van der Waals surface area contributed by atoms with Gasteiger partial charge in [-0.3, -0.25) is 9.59 Å². The van der Waals surface area contributed by atoms with E-state index in [1.165, 1.54) is 70.6 Å². The number of esters is 2. The van der Waals surface area contributed by atoms with Crippen LogP contribution >= 0.6 is 0 Å². The lowest BCUT2D eigenvalue weighted by atomic mass is 9.82. The number of carbonyl (C=O) groups is 2. The van der Waals surface area contributed by atoms with Crippen LogP contribution in [0.4, 0.5) is 0 Å². The summed E-state index contributed by atoms with van der Waals surface area (Å²) in [6.45, 7) is 8.25. The second-order valence-electron chi connectivity index (χ2n) is 9.37. The van der Waals surface area contributed by atoms with Crippen LogP contribution in [0.5, 0.6) is 5.75 Å². The van der Waals surface area contributed by atoms with Crippen molar-refractivity contribution in [1.29, 1.82) is 0 Å². The third-order valence-electron chi connectivity index (χ3n) is 6.67. The van der Waals surface area contributed by atoms with Crippen LogP contribution in [0.1, 0.15) is 123 Å². The molecule has 0 amide bonds. The van der Waals surface area contributed by atoms with E-state index in [1.807, 2.05) is 32.9 Å². The number of hydrogen-bond donors (Lipinski definition) is 0. The van der Waals surface area contributed by atoms with Gasteiger partial charge in [-0.2, -0.15) is 0 Å². The van der Waals surface area contributed by atoms with Crippen molar-refractivity contribution in [2.75, 3.05) is 6.61 Å². The summed E-state index contributed by atoms with van der Waals surface area (Å²) in [4.78, 5) is 25.7. The van der Waals surface area contributed by atoms with Crippen LogP contribution in [0.25, 0.3) is 0 Å². The predicted octanol–water partition coefficient (Wildman–Crippen LogP) is 8.34. The Labute approximate surface area is 202 Å². The van der Waals surface area contributed by atoms with Gasteiger partial charge in [-0.15, -0.1) is 0 Å². The fourth-order valence-corrected chi connectivity index (χ4v) is 4.22. The molecule has 33 heavy (non-hydrogen) atoms. The SMILES string of the molecule is CCCCCCCCCCCCCCCOC(=O)C(CC)(CC)C(=O)Oc1cccc(C)c1. The van der Waals surface area contributed by atoms with Crippen molar-refractivity contribution in [1.82, 2.24) is 0 Å². The maximum absolute atomic E-state index is 12.9. The largest absolute Gasteiger partial charge is 0.465 e. The Hall–Kier alpha value is -1.84. The molecule has 1 rings (SSSR count).